The van der Waals surface area contributed by atoms with E-state index in [1.165, 1.54) is 23.1 Å². The minimum atomic E-state index is -1.39. The highest BCUT2D eigenvalue weighted by atomic mass is 79.9. The third-order valence-electron chi connectivity index (χ3n) is 11.4. The van der Waals surface area contributed by atoms with Crippen molar-refractivity contribution in [2.45, 2.75) is 25.7 Å². The number of para-hydroxylation sites is 2. The molecule has 3 heterocycles. The summed E-state index contributed by atoms with van der Waals surface area (Å²) in [5.74, 6) is -5.95. The molecule has 9 nitrogen and oxygen atoms in total. The lowest BCUT2D eigenvalue weighted by molar-refractivity contribution is -0.131. The molecular weight excluding hydrogens is 753 g/mol. The van der Waals surface area contributed by atoms with Crippen LogP contribution in [0.5, 0.6) is 5.75 Å². The predicted octanol–water partition coefficient (Wildman–Crippen LogP) is 8.19. The van der Waals surface area contributed by atoms with Gasteiger partial charge < -0.3 is 9.52 Å². The lowest BCUT2D eigenvalue weighted by Gasteiger charge is -2.49. The van der Waals surface area contributed by atoms with Gasteiger partial charge in [0.25, 0.3) is 0 Å². The number of fused-ring (bicyclic) bond motifs is 5. The van der Waals surface area contributed by atoms with E-state index in [4.69, 9.17) is 16.0 Å². The standard InChI is InChI=1S/C40H28BrClFN3O6/c1-40-27(37(49)46(39(40)51)22-11-14-29(43)28(42)17-22)18-25-23(34(40)26-16-20(41)8-15-31(26)47)12-13-24-33(25)38(50)45(36(24)48)21-9-6-19(7-10-21)35-44-30-4-2-3-5-32(30)52-35/h2-12,14-17,24-25,27,33-34,47H,13,18H2,1H3. The summed E-state index contributed by atoms with van der Waals surface area (Å²) in [6.45, 7) is 1.71. The van der Waals surface area contributed by atoms with Crippen LogP contribution in [0.2, 0.25) is 5.02 Å². The Morgan fingerprint density at radius 2 is 1.65 bits per heavy atom. The van der Waals surface area contributed by atoms with Crippen LogP contribution in [0, 0.1) is 34.9 Å². The second-order valence-electron chi connectivity index (χ2n) is 14.0. The monoisotopic (exact) mass is 779 g/mol. The van der Waals surface area contributed by atoms with Gasteiger partial charge in [-0.3, -0.25) is 24.1 Å². The van der Waals surface area contributed by atoms with E-state index >= 15 is 0 Å². The number of phenolic OH excluding ortho intramolecular Hbond substituents is 1. The molecule has 4 amide bonds. The number of benzene rings is 4. The Morgan fingerprint density at radius 1 is 0.904 bits per heavy atom. The molecule has 4 aromatic carbocycles. The maximum atomic E-state index is 14.6. The molecule has 5 aromatic rings. The van der Waals surface area contributed by atoms with Gasteiger partial charge in [0, 0.05) is 21.5 Å². The Kier molecular flexibility index (Phi) is 7.37. The molecule has 3 fully saturated rings. The van der Waals surface area contributed by atoms with Crippen LogP contribution >= 0.6 is 27.5 Å². The highest BCUT2D eigenvalue weighted by molar-refractivity contribution is 9.10. The van der Waals surface area contributed by atoms with Crippen molar-refractivity contribution >= 4 is 73.6 Å². The van der Waals surface area contributed by atoms with Gasteiger partial charge in [-0.1, -0.05) is 51.3 Å². The zero-order chi connectivity index (χ0) is 36.2. The van der Waals surface area contributed by atoms with Crippen LogP contribution in [0.3, 0.4) is 0 Å². The van der Waals surface area contributed by atoms with Gasteiger partial charge in [-0.15, -0.1) is 0 Å². The van der Waals surface area contributed by atoms with Crippen LogP contribution in [-0.2, 0) is 19.2 Å². The average Bonchev–Trinajstić information content (AvgIpc) is 3.74. The van der Waals surface area contributed by atoms with Gasteiger partial charge in [-0.05, 0) is 98.5 Å². The van der Waals surface area contributed by atoms with Crippen LogP contribution in [0.4, 0.5) is 15.8 Å². The Balaban J connectivity index is 1.11. The molecule has 2 saturated heterocycles. The third kappa shape index (κ3) is 4.61. The van der Waals surface area contributed by atoms with Crippen molar-refractivity contribution in [3.05, 3.63) is 117 Å². The Hall–Kier alpha value is -5.13. The van der Waals surface area contributed by atoms with Crippen LogP contribution in [0.1, 0.15) is 31.2 Å². The van der Waals surface area contributed by atoms with E-state index in [2.05, 4.69) is 20.9 Å². The molecule has 2 aliphatic heterocycles. The normalized spacial score (nSPS) is 26.8. The molecule has 9 rings (SSSR count). The first-order valence-electron chi connectivity index (χ1n) is 16.8. The summed E-state index contributed by atoms with van der Waals surface area (Å²) in [4.78, 5) is 64.4. The highest BCUT2D eigenvalue weighted by Crippen LogP contribution is 2.64. The van der Waals surface area contributed by atoms with Crippen LogP contribution < -0.4 is 9.80 Å². The second-order valence-corrected chi connectivity index (χ2v) is 15.3. The van der Waals surface area contributed by atoms with Crippen molar-refractivity contribution in [2.24, 2.45) is 29.1 Å². The third-order valence-corrected chi connectivity index (χ3v) is 12.2. The zero-order valence-corrected chi connectivity index (χ0v) is 29.8. The molecular formula is C40H28BrClFN3O6. The molecule has 1 saturated carbocycles. The Morgan fingerprint density at radius 3 is 2.40 bits per heavy atom. The first-order valence-corrected chi connectivity index (χ1v) is 18.0. The summed E-state index contributed by atoms with van der Waals surface area (Å²) in [6.07, 6.45) is 2.27. The number of anilines is 2. The second kappa shape index (κ2) is 11.7. The summed E-state index contributed by atoms with van der Waals surface area (Å²) in [5.41, 5.74) is 2.32. The van der Waals surface area contributed by atoms with Crippen LogP contribution in [0.15, 0.2) is 105 Å². The number of halogens is 3. The maximum Gasteiger partial charge on any atom is 0.241 e. The molecule has 0 bridgehead atoms. The van der Waals surface area contributed by atoms with Crippen molar-refractivity contribution in [2.75, 3.05) is 9.80 Å². The summed E-state index contributed by atoms with van der Waals surface area (Å²) in [6, 6.07) is 22.9. The highest BCUT2D eigenvalue weighted by Gasteiger charge is 2.68. The lowest BCUT2D eigenvalue weighted by Crippen LogP contribution is -2.48. The molecule has 260 valence electrons. The van der Waals surface area contributed by atoms with Gasteiger partial charge in [0.2, 0.25) is 29.5 Å². The summed E-state index contributed by atoms with van der Waals surface area (Å²) in [5, 5.41) is 11.0. The molecule has 6 unspecified atom stereocenters. The minimum absolute atomic E-state index is 0.0742. The largest absolute Gasteiger partial charge is 0.508 e. The molecule has 4 aliphatic rings. The first-order chi connectivity index (χ1) is 25.0. The molecule has 52 heavy (non-hydrogen) atoms. The number of rotatable bonds is 4. The van der Waals surface area contributed by atoms with E-state index in [0.29, 0.717) is 38.3 Å². The topological polar surface area (TPSA) is 121 Å². The number of hydrogen-bond acceptors (Lipinski definition) is 7. The number of aromatic hydroxyl groups is 1. The number of amides is 4. The summed E-state index contributed by atoms with van der Waals surface area (Å²) >= 11 is 9.59. The average molecular weight is 781 g/mol. The molecule has 1 aromatic heterocycles. The van der Waals surface area contributed by atoms with Gasteiger partial charge in [0.15, 0.2) is 5.58 Å². The molecule has 2 aliphatic carbocycles. The quantitative estimate of drug-likeness (QED) is 0.144. The summed E-state index contributed by atoms with van der Waals surface area (Å²) in [7, 11) is 0. The van der Waals surface area contributed by atoms with Crippen molar-refractivity contribution in [1.82, 2.24) is 4.98 Å². The lowest BCUT2D eigenvalue weighted by atomic mass is 9.51. The first kappa shape index (κ1) is 32.8. The molecule has 0 spiro atoms. The number of oxazole rings is 1. The summed E-state index contributed by atoms with van der Waals surface area (Å²) < 4.78 is 20.7. The van der Waals surface area contributed by atoms with E-state index in [0.717, 1.165) is 16.5 Å². The molecule has 12 heteroatoms. The number of nitrogens with zero attached hydrogens (tertiary/aromatic N) is 3. The number of carbonyl (C=O) groups is 4. The molecule has 0 radical (unpaired) electrons. The van der Waals surface area contributed by atoms with Crippen molar-refractivity contribution < 1.29 is 33.1 Å². The fourth-order valence-electron chi connectivity index (χ4n) is 8.99. The van der Waals surface area contributed by atoms with Crippen molar-refractivity contribution in [3.8, 4) is 17.2 Å². The van der Waals surface area contributed by atoms with E-state index in [1.807, 2.05) is 30.3 Å². The predicted molar refractivity (Wildman–Crippen MR) is 194 cm³/mol. The number of carbonyl (C=O) groups excluding carboxylic acids is 4. The van der Waals surface area contributed by atoms with E-state index in [1.54, 1.807) is 43.3 Å². The number of aromatic nitrogens is 1. The van der Waals surface area contributed by atoms with Crippen LogP contribution in [-0.4, -0.2) is 33.7 Å². The van der Waals surface area contributed by atoms with Gasteiger partial charge in [-0.2, -0.15) is 0 Å². The Labute approximate surface area is 309 Å². The molecule has 6 atom stereocenters. The SMILES string of the molecule is CC12C(=O)N(c3ccc(F)c(Cl)c3)C(=O)C1CC1C(=CCC3C(=O)N(c4ccc(-c5nc6ccccc6o5)cc4)C(=O)C31)C2c1cc(Br)ccc1O. The molecule has 1 N–H and O–H groups in total. The van der Waals surface area contributed by atoms with Gasteiger partial charge in [-0.25, -0.2) is 14.3 Å². The van der Waals surface area contributed by atoms with Gasteiger partial charge >= 0.3 is 0 Å². The minimum Gasteiger partial charge on any atom is -0.508 e. The fourth-order valence-corrected chi connectivity index (χ4v) is 9.54. The van der Waals surface area contributed by atoms with Crippen molar-refractivity contribution in [3.63, 3.8) is 0 Å². The smallest absolute Gasteiger partial charge is 0.241 e. The Bertz CT molecular complexity index is 2400. The number of phenols is 1. The van der Waals surface area contributed by atoms with E-state index in [9.17, 15) is 28.7 Å². The number of allylic oxidation sites excluding steroid dienone is 2. The van der Waals surface area contributed by atoms with E-state index < -0.39 is 52.6 Å². The van der Waals surface area contributed by atoms with Crippen LogP contribution in [0.25, 0.3) is 22.6 Å². The van der Waals surface area contributed by atoms with Gasteiger partial charge in [0.05, 0.1) is 39.6 Å². The zero-order valence-electron chi connectivity index (χ0n) is 27.4. The number of imide groups is 2. The van der Waals surface area contributed by atoms with Crippen molar-refractivity contribution in [1.29, 1.82) is 0 Å². The number of hydrogen-bond donors (Lipinski definition) is 1. The maximum absolute atomic E-state index is 14.6. The van der Waals surface area contributed by atoms with E-state index in [-0.39, 0.29) is 41.1 Å². The van der Waals surface area contributed by atoms with Gasteiger partial charge in [0.1, 0.15) is 17.1 Å². The fraction of sp³-hybridized carbons (Fsp3) is 0.225.